The Balaban J connectivity index is 2.25. The molecule has 1 heterocycles. The van der Waals surface area contributed by atoms with Crippen LogP contribution in [-0.2, 0) is 0 Å². The monoisotopic (exact) mass is 290 g/mol. The third-order valence-electron chi connectivity index (χ3n) is 2.38. The summed E-state index contributed by atoms with van der Waals surface area (Å²) in [5, 5.41) is 12.6. The number of hydrogen-bond acceptors (Lipinski definition) is 6. The summed E-state index contributed by atoms with van der Waals surface area (Å²) in [7, 11) is 0. The van der Waals surface area contributed by atoms with Crippen LogP contribution in [0.5, 0.6) is 0 Å². The van der Waals surface area contributed by atoms with Crippen LogP contribution >= 0.6 is 11.8 Å². The van der Waals surface area contributed by atoms with E-state index in [0.717, 1.165) is 5.75 Å². The minimum atomic E-state index is -0.974. The fourth-order valence-corrected chi connectivity index (χ4v) is 2.17. The first-order valence-electron chi connectivity index (χ1n) is 5.96. The predicted molar refractivity (Wildman–Crippen MR) is 79.5 cm³/mol. The summed E-state index contributed by atoms with van der Waals surface area (Å²) >= 11 is 1.49. The van der Waals surface area contributed by atoms with Crippen LogP contribution in [0.1, 0.15) is 17.3 Å². The van der Waals surface area contributed by atoms with E-state index < -0.39 is 5.97 Å². The molecule has 4 N–H and O–H groups in total. The number of nitrogens with two attached hydrogens (primary N) is 1. The van der Waals surface area contributed by atoms with Crippen LogP contribution in [0.15, 0.2) is 35.5 Å². The van der Waals surface area contributed by atoms with Crippen LogP contribution < -0.4 is 11.1 Å². The number of carbonyl (C=O) groups is 1. The van der Waals surface area contributed by atoms with Crippen molar-refractivity contribution in [3.05, 3.63) is 35.9 Å². The Kier molecular flexibility index (Phi) is 4.41. The number of hydrogen-bond donors (Lipinski definition) is 3. The number of aromatic carboxylic acids is 1. The van der Waals surface area contributed by atoms with Crippen molar-refractivity contribution < 1.29 is 9.90 Å². The summed E-state index contributed by atoms with van der Waals surface area (Å²) in [5.41, 5.74) is 6.57. The van der Waals surface area contributed by atoms with Gasteiger partial charge in [-0.3, -0.25) is 0 Å². The van der Waals surface area contributed by atoms with Gasteiger partial charge in [-0.2, -0.15) is 0 Å². The maximum atomic E-state index is 10.9. The Labute approximate surface area is 120 Å². The summed E-state index contributed by atoms with van der Waals surface area (Å²) in [6.07, 6.45) is 0. The maximum absolute atomic E-state index is 10.9. The van der Waals surface area contributed by atoms with Crippen LogP contribution in [0, 0.1) is 0 Å². The maximum Gasteiger partial charge on any atom is 0.335 e. The molecular weight excluding hydrogens is 276 g/mol. The van der Waals surface area contributed by atoms with Crippen molar-refractivity contribution in [2.24, 2.45) is 0 Å². The molecule has 0 atom stereocenters. The van der Waals surface area contributed by atoms with Gasteiger partial charge in [0.25, 0.3) is 0 Å². The van der Waals surface area contributed by atoms with Gasteiger partial charge in [0.1, 0.15) is 11.6 Å². The fourth-order valence-electron chi connectivity index (χ4n) is 1.58. The largest absolute Gasteiger partial charge is 0.478 e. The van der Waals surface area contributed by atoms with Gasteiger partial charge in [0.2, 0.25) is 0 Å². The molecular formula is C13H14N4O2S. The first-order valence-corrected chi connectivity index (χ1v) is 6.95. The van der Waals surface area contributed by atoms with Gasteiger partial charge in [-0.05, 0) is 24.0 Å². The second-order valence-corrected chi connectivity index (χ2v) is 5.14. The molecule has 0 fully saturated rings. The van der Waals surface area contributed by atoms with E-state index >= 15 is 0 Å². The number of rotatable bonds is 5. The molecule has 0 saturated carbocycles. The van der Waals surface area contributed by atoms with Crippen molar-refractivity contribution in [1.29, 1.82) is 0 Å². The standard InChI is InChI=1S/C13H14N4O2S/c1-2-20-13-16-10(14)7-11(17-13)15-9-5-3-4-8(6-9)12(18)19/h3-7H,2H2,1H3,(H,18,19)(H3,14,15,16,17). The average molecular weight is 290 g/mol. The highest BCUT2D eigenvalue weighted by atomic mass is 32.2. The quantitative estimate of drug-likeness (QED) is 0.574. The molecule has 0 aliphatic carbocycles. The number of aromatic nitrogens is 2. The van der Waals surface area contributed by atoms with E-state index in [4.69, 9.17) is 10.8 Å². The molecule has 0 radical (unpaired) electrons. The van der Waals surface area contributed by atoms with Crippen LogP contribution in [0.3, 0.4) is 0 Å². The summed E-state index contributed by atoms with van der Waals surface area (Å²) in [6, 6.07) is 8.09. The van der Waals surface area contributed by atoms with Crippen LogP contribution in [-0.4, -0.2) is 26.8 Å². The van der Waals surface area contributed by atoms with E-state index in [-0.39, 0.29) is 5.56 Å². The van der Waals surface area contributed by atoms with Crippen LogP contribution in [0.2, 0.25) is 0 Å². The summed E-state index contributed by atoms with van der Waals surface area (Å²) in [5.74, 6) is 0.777. The topological polar surface area (TPSA) is 101 Å². The number of nitrogen functional groups attached to an aromatic ring is 1. The second-order valence-electron chi connectivity index (χ2n) is 3.90. The van der Waals surface area contributed by atoms with E-state index in [1.165, 1.54) is 23.9 Å². The van der Waals surface area contributed by atoms with Crippen LogP contribution in [0.25, 0.3) is 0 Å². The smallest absolute Gasteiger partial charge is 0.335 e. The number of thioether (sulfide) groups is 1. The Bertz CT molecular complexity index is 634. The van der Waals surface area contributed by atoms with Crippen molar-refractivity contribution in [3.63, 3.8) is 0 Å². The minimum Gasteiger partial charge on any atom is -0.478 e. The Morgan fingerprint density at radius 3 is 2.90 bits per heavy atom. The molecule has 0 saturated heterocycles. The molecule has 7 heteroatoms. The van der Waals surface area contributed by atoms with E-state index in [2.05, 4.69) is 15.3 Å². The van der Waals surface area contributed by atoms with E-state index in [0.29, 0.717) is 22.5 Å². The van der Waals surface area contributed by atoms with Crippen LogP contribution in [0.4, 0.5) is 17.3 Å². The second kappa shape index (κ2) is 6.25. The van der Waals surface area contributed by atoms with Gasteiger partial charge in [0.15, 0.2) is 5.16 Å². The molecule has 0 unspecified atom stereocenters. The molecule has 0 aliphatic heterocycles. The number of benzene rings is 1. The van der Waals surface area contributed by atoms with Gasteiger partial charge >= 0.3 is 5.97 Å². The number of nitrogens with zero attached hydrogens (tertiary/aromatic N) is 2. The molecule has 2 aromatic rings. The average Bonchev–Trinajstić information content (AvgIpc) is 2.38. The van der Waals surface area contributed by atoms with Crippen molar-refractivity contribution in [3.8, 4) is 0 Å². The van der Waals surface area contributed by atoms with E-state index in [1.807, 2.05) is 6.92 Å². The lowest BCUT2D eigenvalue weighted by atomic mass is 10.2. The number of carboxylic acids is 1. The lowest BCUT2D eigenvalue weighted by Crippen LogP contribution is -2.02. The van der Waals surface area contributed by atoms with Gasteiger partial charge in [-0.15, -0.1) is 0 Å². The van der Waals surface area contributed by atoms with E-state index in [9.17, 15) is 4.79 Å². The van der Waals surface area contributed by atoms with Crippen molar-refractivity contribution in [1.82, 2.24) is 9.97 Å². The van der Waals surface area contributed by atoms with Crippen molar-refractivity contribution >= 4 is 35.1 Å². The number of anilines is 3. The lowest BCUT2D eigenvalue weighted by molar-refractivity contribution is 0.0697. The van der Waals surface area contributed by atoms with Crippen molar-refractivity contribution in [2.45, 2.75) is 12.1 Å². The predicted octanol–water partition coefficient (Wildman–Crippen LogP) is 2.61. The molecule has 0 aliphatic rings. The minimum absolute atomic E-state index is 0.209. The molecule has 20 heavy (non-hydrogen) atoms. The Morgan fingerprint density at radius 1 is 1.40 bits per heavy atom. The first-order chi connectivity index (χ1) is 9.58. The molecule has 1 aromatic heterocycles. The lowest BCUT2D eigenvalue weighted by Gasteiger charge is -2.08. The fraction of sp³-hybridized carbons (Fsp3) is 0.154. The Morgan fingerprint density at radius 2 is 2.20 bits per heavy atom. The number of nitrogens with one attached hydrogen (secondary N) is 1. The van der Waals surface area contributed by atoms with Crippen molar-refractivity contribution in [2.75, 3.05) is 16.8 Å². The zero-order valence-corrected chi connectivity index (χ0v) is 11.6. The summed E-state index contributed by atoms with van der Waals surface area (Å²) < 4.78 is 0. The zero-order chi connectivity index (χ0) is 14.5. The highest BCUT2D eigenvalue weighted by Crippen LogP contribution is 2.21. The summed E-state index contributed by atoms with van der Waals surface area (Å²) in [6.45, 7) is 2.00. The van der Waals surface area contributed by atoms with Gasteiger partial charge < -0.3 is 16.2 Å². The molecule has 104 valence electrons. The highest BCUT2D eigenvalue weighted by molar-refractivity contribution is 7.99. The molecule has 0 amide bonds. The molecule has 0 spiro atoms. The van der Waals surface area contributed by atoms with Gasteiger partial charge in [-0.1, -0.05) is 24.8 Å². The van der Waals surface area contributed by atoms with E-state index in [1.54, 1.807) is 18.2 Å². The molecule has 1 aromatic carbocycles. The zero-order valence-electron chi connectivity index (χ0n) is 10.8. The summed E-state index contributed by atoms with van der Waals surface area (Å²) in [4.78, 5) is 19.3. The normalized spacial score (nSPS) is 10.2. The van der Waals surface area contributed by atoms with Gasteiger partial charge in [-0.25, -0.2) is 14.8 Å². The SMILES string of the molecule is CCSc1nc(N)cc(Nc2cccc(C(=O)O)c2)n1. The Hall–Kier alpha value is -2.28. The molecule has 0 bridgehead atoms. The van der Waals surface area contributed by atoms with Gasteiger partial charge in [0.05, 0.1) is 5.56 Å². The highest BCUT2D eigenvalue weighted by Gasteiger charge is 2.06. The van der Waals surface area contributed by atoms with Gasteiger partial charge in [0, 0.05) is 11.8 Å². The third kappa shape index (κ3) is 3.61. The third-order valence-corrected chi connectivity index (χ3v) is 3.11. The first kappa shape index (κ1) is 14.1. The molecule has 2 rings (SSSR count). The number of carboxylic acid groups (broad SMARTS) is 1. The molecule has 6 nitrogen and oxygen atoms in total.